The van der Waals surface area contributed by atoms with Gasteiger partial charge in [-0.1, -0.05) is 74.5 Å². The van der Waals surface area contributed by atoms with Crippen LogP contribution >= 0.6 is 0 Å². The molecule has 2 N–H and O–H groups in total. The molecule has 0 saturated carbocycles. The fourth-order valence-corrected chi connectivity index (χ4v) is 3.17. The van der Waals surface area contributed by atoms with E-state index in [0.29, 0.717) is 5.92 Å². The number of anilines is 1. The Balaban J connectivity index is 1.54. The van der Waals surface area contributed by atoms with Crippen LogP contribution in [0.5, 0.6) is 0 Å². The van der Waals surface area contributed by atoms with Gasteiger partial charge in [0, 0.05) is 5.69 Å². The van der Waals surface area contributed by atoms with E-state index in [1.807, 2.05) is 50.3 Å². The molecule has 0 radical (unpaired) electrons. The van der Waals surface area contributed by atoms with Gasteiger partial charge in [-0.25, -0.2) is 5.43 Å². The van der Waals surface area contributed by atoms with Gasteiger partial charge in [0.1, 0.15) is 6.04 Å². The summed E-state index contributed by atoms with van der Waals surface area (Å²) in [6.45, 7) is 8.14. The Bertz CT molecular complexity index is 1070. The lowest BCUT2D eigenvalue weighted by atomic mass is 10.0. The fraction of sp³-hybridized carbons (Fsp3) is 0.231. The predicted octanol–water partition coefficient (Wildman–Crippen LogP) is 5.97. The zero-order chi connectivity index (χ0) is 21.5. The van der Waals surface area contributed by atoms with Crippen LogP contribution in [0, 0.1) is 0 Å². The minimum absolute atomic E-state index is 0.187. The minimum atomic E-state index is -0.406. The highest BCUT2D eigenvalue weighted by atomic mass is 16.2. The lowest BCUT2D eigenvalue weighted by Gasteiger charge is -2.14. The number of benzene rings is 3. The smallest absolute Gasteiger partial charge is 0.262 e. The van der Waals surface area contributed by atoms with Gasteiger partial charge in [-0.3, -0.25) is 4.79 Å². The molecule has 3 aromatic carbocycles. The van der Waals surface area contributed by atoms with Crippen molar-refractivity contribution >= 4 is 34.7 Å². The maximum atomic E-state index is 12.3. The second-order valence-electron chi connectivity index (χ2n) is 7.87. The summed E-state index contributed by atoms with van der Waals surface area (Å²) >= 11 is 0. The summed E-state index contributed by atoms with van der Waals surface area (Å²) in [6.07, 6.45) is 3.70. The summed E-state index contributed by atoms with van der Waals surface area (Å²) in [6, 6.07) is 22.3. The molecule has 0 aliphatic rings. The van der Waals surface area contributed by atoms with Crippen LogP contribution in [-0.4, -0.2) is 18.2 Å². The molecular formula is C26H29N3O. The predicted molar refractivity (Wildman–Crippen MR) is 128 cm³/mol. The molecule has 1 atom stereocenters. The number of amides is 1. The average Bonchev–Trinajstić information content (AvgIpc) is 2.74. The number of nitrogens with one attached hydrogen (secondary N) is 2. The van der Waals surface area contributed by atoms with Crippen molar-refractivity contribution in [1.82, 2.24) is 5.43 Å². The molecule has 1 amide bonds. The number of fused-ring (bicyclic) bond motifs is 1. The third-order valence-electron chi connectivity index (χ3n) is 4.97. The van der Waals surface area contributed by atoms with Crippen molar-refractivity contribution < 1.29 is 4.79 Å². The summed E-state index contributed by atoms with van der Waals surface area (Å²) in [7, 11) is 0. The molecule has 0 heterocycles. The Morgan fingerprint density at radius 1 is 0.933 bits per heavy atom. The highest BCUT2D eigenvalue weighted by molar-refractivity contribution is 5.89. The molecule has 0 aliphatic carbocycles. The number of carbonyl (C=O) groups excluding carboxylic acids is 1. The van der Waals surface area contributed by atoms with Gasteiger partial charge in [0.05, 0.1) is 6.21 Å². The van der Waals surface area contributed by atoms with Crippen molar-refractivity contribution in [2.24, 2.45) is 5.10 Å². The van der Waals surface area contributed by atoms with E-state index >= 15 is 0 Å². The van der Waals surface area contributed by atoms with Crippen molar-refractivity contribution in [3.63, 3.8) is 0 Å². The SMILES string of the molecule is CC(C=NNC(=O)C(C)Nc1ccc2ccccc2c1)=Cc1ccc(C(C)C)cc1. The van der Waals surface area contributed by atoms with Crippen LogP contribution in [0.1, 0.15) is 44.7 Å². The molecule has 3 rings (SSSR count). The molecule has 1 unspecified atom stereocenters. The van der Waals surface area contributed by atoms with E-state index in [2.05, 4.69) is 66.1 Å². The van der Waals surface area contributed by atoms with Crippen LogP contribution in [0.2, 0.25) is 0 Å². The maximum Gasteiger partial charge on any atom is 0.262 e. The molecule has 0 bridgehead atoms. The number of allylic oxidation sites excluding steroid dienone is 1. The van der Waals surface area contributed by atoms with Crippen LogP contribution < -0.4 is 10.7 Å². The number of rotatable bonds is 7. The van der Waals surface area contributed by atoms with Crippen molar-refractivity contribution in [2.45, 2.75) is 39.7 Å². The van der Waals surface area contributed by atoms with Gasteiger partial charge >= 0.3 is 0 Å². The zero-order valence-corrected chi connectivity index (χ0v) is 18.0. The second kappa shape index (κ2) is 9.88. The van der Waals surface area contributed by atoms with Crippen molar-refractivity contribution in [1.29, 1.82) is 0 Å². The van der Waals surface area contributed by atoms with E-state index in [-0.39, 0.29) is 5.91 Å². The van der Waals surface area contributed by atoms with E-state index in [9.17, 15) is 4.79 Å². The van der Waals surface area contributed by atoms with Gasteiger partial charge < -0.3 is 5.32 Å². The van der Waals surface area contributed by atoms with Gasteiger partial charge in [-0.15, -0.1) is 0 Å². The van der Waals surface area contributed by atoms with Gasteiger partial charge in [0.2, 0.25) is 0 Å². The number of hydrogen-bond donors (Lipinski definition) is 2. The Morgan fingerprint density at radius 2 is 1.63 bits per heavy atom. The summed E-state index contributed by atoms with van der Waals surface area (Å²) in [5, 5.41) is 9.63. The number of nitrogens with zero attached hydrogens (tertiary/aromatic N) is 1. The van der Waals surface area contributed by atoms with Gasteiger partial charge in [-0.2, -0.15) is 5.10 Å². The van der Waals surface area contributed by atoms with Crippen molar-refractivity contribution in [2.75, 3.05) is 5.32 Å². The van der Waals surface area contributed by atoms with E-state index in [4.69, 9.17) is 0 Å². The topological polar surface area (TPSA) is 53.5 Å². The molecule has 154 valence electrons. The van der Waals surface area contributed by atoms with E-state index in [1.165, 1.54) is 10.9 Å². The third kappa shape index (κ3) is 5.80. The summed E-state index contributed by atoms with van der Waals surface area (Å²) < 4.78 is 0. The number of carbonyl (C=O) groups is 1. The van der Waals surface area contributed by atoms with Gasteiger partial charge in [-0.05, 0) is 59.4 Å². The second-order valence-corrected chi connectivity index (χ2v) is 7.87. The van der Waals surface area contributed by atoms with Crippen molar-refractivity contribution in [3.05, 3.63) is 83.4 Å². The first-order chi connectivity index (χ1) is 14.4. The Morgan fingerprint density at radius 3 is 2.33 bits per heavy atom. The summed E-state index contributed by atoms with van der Waals surface area (Å²) in [4.78, 5) is 12.3. The largest absolute Gasteiger partial charge is 0.374 e. The highest BCUT2D eigenvalue weighted by Crippen LogP contribution is 2.19. The Labute approximate surface area is 178 Å². The molecule has 4 nitrogen and oxygen atoms in total. The van der Waals surface area contributed by atoms with Crippen LogP contribution in [-0.2, 0) is 4.79 Å². The average molecular weight is 400 g/mol. The molecule has 30 heavy (non-hydrogen) atoms. The first-order valence-corrected chi connectivity index (χ1v) is 10.3. The molecule has 0 aliphatic heterocycles. The van der Waals surface area contributed by atoms with E-state index in [0.717, 1.165) is 22.2 Å². The third-order valence-corrected chi connectivity index (χ3v) is 4.97. The van der Waals surface area contributed by atoms with Crippen LogP contribution in [0.3, 0.4) is 0 Å². The minimum Gasteiger partial charge on any atom is -0.374 e. The molecule has 0 spiro atoms. The van der Waals surface area contributed by atoms with Gasteiger partial charge in [0.25, 0.3) is 5.91 Å². The van der Waals surface area contributed by atoms with Gasteiger partial charge in [0.15, 0.2) is 0 Å². The molecule has 0 aromatic heterocycles. The first-order valence-electron chi connectivity index (χ1n) is 10.3. The highest BCUT2D eigenvalue weighted by Gasteiger charge is 2.11. The molecule has 3 aromatic rings. The van der Waals surface area contributed by atoms with Crippen LogP contribution in [0.4, 0.5) is 5.69 Å². The van der Waals surface area contributed by atoms with Crippen molar-refractivity contribution in [3.8, 4) is 0 Å². The zero-order valence-electron chi connectivity index (χ0n) is 18.0. The quantitative estimate of drug-likeness (QED) is 0.380. The van der Waals surface area contributed by atoms with E-state index < -0.39 is 6.04 Å². The fourth-order valence-electron chi connectivity index (χ4n) is 3.17. The van der Waals surface area contributed by atoms with Crippen LogP contribution in [0.25, 0.3) is 16.8 Å². The monoisotopic (exact) mass is 399 g/mol. The first kappa shape index (κ1) is 21.3. The summed E-state index contributed by atoms with van der Waals surface area (Å²) in [5.74, 6) is 0.333. The summed E-state index contributed by atoms with van der Waals surface area (Å²) in [5.41, 5.74) is 6.90. The normalized spacial score (nSPS) is 13.0. The number of hydrazone groups is 1. The maximum absolute atomic E-state index is 12.3. The lowest BCUT2D eigenvalue weighted by molar-refractivity contribution is -0.121. The standard InChI is InChI=1S/C26H29N3O/c1-18(2)22-11-9-21(10-12-22)15-19(3)17-27-29-26(30)20(4)28-25-14-13-23-7-5-6-8-24(23)16-25/h5-18,20,28H,1-4H3,(H,29,30). The van der Waals surface area contributed by atoms with Crippen LogP contribution in [0.15, 0.2) is 77.4 Å². The molecular weight excluding hydrogens is 370 g/mol. The van der Waals surface area contributed by atoms with E-state index in [1.54, 1.807) is 6.21 Å². The molecule has 0 fully saturated rings. The molecule has 4 heteroatoms. The lowest BCUT2D eigenvalue weighted by Crippen LogP contribution is -2.34. The molecule has 0 saturated heterocycles. The number of hydrogen-bond acceptors (Lipinski definition) is 3. The Kier molecular flexibility index (Phi) is 7.02. The Hall–Kier alpha value is -3.40.